The van der Waals surface area contributed by atoms with Crippen LogP contribution in [0.5, 0.6) is 0 Å². The Balaban J connectivity index is 1.97. The summed E-state index contributed by atoms with van der Waals surface area (Å²) in [4.78, 5) is 27.4. The number of nitrogens with two attached hydrogens (primary N) is 1. The molecule has 1 aromatic heterocycles. The fraction of sp³-hybridized carbons (Fsp3) is 0.294. The Morgan fingerprint density at radius 1 is 1.38 bits per heavy atom. The number of fused-ring (bicyclic) bond motifs is 3. The molecule has 0 bridgehead atoms. The summed E-state index contributed by atoms with van der Waals surface area (Å²) < 4.78 is 13.7. The van der Waals surface area contributed by atoms with E-state index in [-0.39, 0.29) is 24.1 Å². The SMILES string of the molecule is NCCCNC(=O)CC1=CCNC(=O)c2[nH]c3ccc(F)cc3c21. The predicted molar refractivity (Wildman–Crippen MR) is 89.9 cm³/mol. The third kappa shape index (κ3) is 3.16. The molecule has 0 saturated heterocycles. The number of hydrogen-bond acceptors (Lipinski definition) is 3. The van der Waals surface area contributed by atoms with Crippen molar-refractivity contribution in [3.63, 3.8) is 0 Å². The molecule has 0 spiro atoms. The Hall–Kier alpha value is -2.67. The molecule has 0 aliphatic carbocycles. The summed E-state index contributed by atoms with van der Waals surface area (Å²) in [5, 5.41) is 6.14. The van der Waals surface area contributed by atoms with Gasteiger partial charge in [-0.2, -0.15) is 0 Å². The second kappa shape index (κ2) is 6.84. The molecule has 2 aromatic rings. The highest BCUT2D eigenvalue weighted by Crippen LogP contribution is 2.32. The number of carbonyl (C=O) groups excluding carboxylic acids is 2. The Morgan fingerprint density at radius 2 is 2.21 bits per heavy atom. The molecule has 0 atom stereocenters. The quantitative estimate of drug-likeness (QED) is 0.622. The number of nitrogens with one attached hydrogen (secondary N) is 3. The third-order valence-electron chi connectivity index (χ3n) is 3.97. The maximum Gasteiger partial charge on any atom is 0.268 e. The zero-order valence-electron chi connectivity index (χ0n) is 13.1. The minimum absolute atomic E-state index is 0.121. The Labute approximate surface area is 138 Å². The van der Waals surface area contributed by atoms with Crippen LogP contribution in [-0.4, -0.2) is 36.4 Å². The van der Waals surface area contributed by atoms with E-state index in [1.807, 2.05) is 0 Å². The lowest BCUT2D eigenvalue weighted by molar-refractivity contribution is -0.120. The minimum atomic E-state index is -0.388. The molecule has 5 N–H and O–H groups in total. The topological polar surface area (TPSA) is 100 Å². The highest BCUT2D eigenvalue weighted by atomic mass is 19.1. The van der Waals surface area contributed by atoms with Crippen molar-refractivity contribution in [3.05, 3.63) is 41.3 Å². The summed E-state index contributed by atoms with van der Waals surface area (Å²) in [6.45, 7) is 1.34. The summed E-state index contributed by atoms with van der Waals surface area (Å²) in [7, 11) is 0. The first-order valence-electron chi connectivity index (χ1n) is 7.85. The van der Waals surface area contributed by atoms with E-state index in [2.05, 4.69) is 15.6 Å². The van der Waals surface area contributed by atoms with Gasteiger partial charge in [-0.15, -0.1) is 0 Å². The van der Waals surface area contributed by atoms with Gasteiger partial charge >= 0.3 is 0 Å². The van der Waals surface area contributed by atoms with E-state index in [9.17, 15) is 14.0 Å². The lowest BCUT2D eigenvalue weighted by atomic mass is 9.98. The predicted octanol–water partition coefficient (Wildman–Crippen LogP) is 1.29. The minimum Gasteiger partial charge on any atom is -0.356 e. The van der Waals surface area contributed by atoms with Crippen molar-refractivity contribution in [3.8, 4) is 0 Å². The van der Waals surface area contributed by atoms with Gasteiger partial charge in [-0.1, -0.05) is 6.08 Å². The van der Waals surface area contributed by atoms with Crippen molar-refractivity contribution < 1.29 is 14.0 Å². The number of amides is 2. The van der Waals surface area contributed by atoms with E-state index >= 15 is 0 Å². The fourth-order valence-electron chi connectivity index (χ4n) is 2.85. The zero-order chi connectivity index (χ0) is 17.1. The number of hydrogen-bond donors (Lipinski definition) is 4. The number of carbonyl (C=O) groups is 2. The molecule has 0 unspecified atom stereocenters. The summed E-state index contributed by atoms with van der Waals surface area (Å²) in [6, 6.07) is 4.30. The fourth-order valence-corrected chi connectivity index (χ4v) is 2.85. The number of rotatable bonds is 5. The van der Waals surface area contributed by atoms with Crippen molar-refractivity contribution in [2.45, 2.75) is 12.8 Å². The van der Waals surface area contributed by atoms with E-state index in [1.165, 1.54) is 12.1 Å². The number of aromatic amines is 1. The molecular weight excluding hydrogens is 311 g/mol. The molecule has 1 aliphatic rings. The molecular formula is C17H19FN4O2. The van der Waals surface area contributed by atoms with Gasteiger partial charge in [0.25, 0.3) is 5.91 Å². The summed E-state index contributed by atoms with van der Waals surface area (Å²) in [5.41, 5.74) is 7.72. The molecule has 3 rings (SSSR count). The lowest BCUT2D eigenvalue weighted by Gasteiger charge is -2.08. The molecule has 7 heteroatoms. The normalized spacial score (nSPS) is 13.9. The van der Waals surface area contributed by atoms with Crippen LogP contribution in [-0.2, 0) is 4.79 Å². The zero-order valence-corrected chi connectivity index (χ0v) is 13.1. The molecule has 24 heavy (non-hydrogen) atoms. The van der Waals surface area contributed by atoms with Gasteiger partial charge in [0.1, 0.15) is 11.5 Å². The van der Waals surface area contributed by atoms with E-state index in [1.54, 1.807) is 12.1 Å². The molecule has 126 valence electrons. The largest absolute Gasteiger partial charge is 0.356 e. The smallest absolute Gasteiger partial charge is 0.268 e. The van der Waals surface area contributed by atoms with Crippen molar-refractivity contribution >= 4 is 28.3 Å². The van der Waals surface area contributed by atoms with Gasteiger partial charge in [0.2, 0.25) is 5.91 Å². The van der Waals surface area contributed by atoms with Gasteiger partial charge in [0, 0.05) is 29.6 Å². The van der Waals surface area contributed by atoms with Gasteiger partial charge in [-0.25, -0.2) is 4.39 Å². The first-order chi connectivity index (χ1) is 11.6. The molecule has 0 saturated carbocycles. The monoisotopic (exact) mass is 330 g/mol. The highest BCUT2D eigenvalue weighted by Gasteiger charge is 2.24. The van der Waals surface area contributed by atoms with Gasteiger partial charge in [-0.3, -0.25) is 9.59 Å². The van der Waals surface area contributed by atoms with Crippen molar-refractivity contribution in [1.29, 1.82) is 0 Å². The van der Waals surface area contributed by atoms with Crippen molar-refractivity contribution in [2.24, 2.45) is 5.73 Å². The molecule has 2 heterocycles. The summed E-state index contributed by atoms with van der Waals surface area (Å²) in [6.07, 6.45) is 2.62. The standard InChI is InChI=1S/C17H19FN4O2/c18-11-2-3-13-12(9-11)15-10(8-14(23)20-6-1-5-19)4-7-21-17(24)16(15)22-13/h2-4,9,22H,1,5-8,19H2,(H,20,23)(H,21,24). The van der Waals surface area contributed by atoms with Crippen LogP contribution in [0.4, 0.5) is 4.39 Å². The molecule has 1 aromatic carbocycles. The highest BCUT2D eigenvalue weighted by molar-refractivity contribution is 6.09. The van der Waals surface area contributed by atoms with Crippen LogP contribution in [0, 0.1) is 5.82 Å². The molecule has 2 amide bonds. The maximum atomic E-state index is 13.7. The van der Waals surface area contributed by atoms with E-state index < -0.39 is 0 Å². The maximum absolute atomic E-state index is 13.7. The van der Waals surface area contributed by atoms with Crippen LogP contribution in [0.25, 0.3) is 16.5 Å². The van der Waals surface area contributed by atoms with Crippen LogP contribution in [0.1, 0.15) is 28.9 Å². The number of halogens is 1. The van der Waals surface area contributed by atoms with Gasteiger partial charge < -0.3 is 21.4 Å². The van der Waals surface area contributed by atoms with E-state index in [0.29, 0.717) is 53.8 Å². The first kappa shape index (κ1) is 16.2. The average molecular weight is 330 g/mol. The van der Waals surface area contributed by atoms with Crippen LogP contribution >= 0.6 is 0 Å². The van der Waals surface area contributed by atoms with Crippen LogP contribution in [0.2, 0.25) is 0 Å². The Kier molecular flexibility index (Phi) is 4.61. The molecule has 0 fully saturated rings. The van der Waals surface area contributed by atoms with Gasteiger partial charge in [-0.05, 0) is 36.7 Å². The van der Waals surface area contributed by atoms with Gasteiger partial charge in [0.05, 0.1) is 6.42 Å². The number of H-pyrrole nitrogens is 1. The second-order valence-corrected chi connectivity index (χ2v) is 5.67. The third-order valence-corrected chi connectivity index (χ3v) is 3.97. The Bertz CT molecular complexity index is 825. The molecule has 6 nitrogen and oxygen atoms in total. The average Bonchev–Trinajstić information content (AvgIpc) is 2.85. The summed E-state index contributed by atoms with van der Waals surface area (Å²) >= 11 is 0. The molecule has 1 aliphatic heterocycles. The van der Waals surface area contributed by atoms with E-state index in [0.717, 1.165) is 0 Å². The van der Waals surface area contributed by atoms with E-state index in [4.69, 9.17) is 5.73 Å². The van der Waals surface area contributed by atoms with Gasteiger partial charge in [0.15, 0.2) is 0 Å². The van der Waals surface area contributed by atoms with Crippen LogP contribution in [0.15, 0.2) is 24.3 Å². The van der Waals surface area contributed by atoms with Crippen LogP contribution < -0.4 is 16.4 Å². The van der Waals surface area contributed by atoms with Crippen molar-refractivity contribution in [2.75, 3.05) is 19.6 Å². The number of aromatic nitrogens is 1. The second-order valence-electron chi connectivity index (χ2n) is 5.67. The number of benzene rings is 1. The Morgan fingerprint density at radius 3 is 3.00 bits per heavy atom. The first-order valence-corrected chi connectivity index (χ1v) is 7.85. The van der Waals surface area contributed by atoms with Crippen molar-refractivity contribution in [1.82, 2.24) is 15.6 Å². The van der Waals surface area contributed by atoms with Crippen LogP contribution in [0.3, 0.4) is 0 Å². The lowest BCUT2D eigenvalue weighted by Crippen LogP contribution is -2.26. The molecule has 0 radical (unpaired) electrons. The summed E-state index contributed by atoms with van der Waals surface area (Å²) in [5.74, 6) is -0.808.